The van der Waals surface area contributed by atoms with Crippen molar-refractivity contribution >= 4 is 23.3 Å². The molecule has 0 spiro atoms. The van der Waals surface area contributed by atoms with E-state index in [-0.39, 0.29) is 12.5 Å². The second kappa shape index (κ2) is 6.16. The molecule has 0 aliphatic heterocycles. The highest BCUT2D eigenvalue weighted by Crippen LogP contribution is 2.25. The van der Waals surface area contributed by atoms with Crippen LogP contribution in [0.25, 0.3) is 6.08 Å². The Morgan fingerprint density at radius 1 is 1.61 bits per heavy atom. The maximum atomic E-state index is 12.1. The zero-order valence-electron chi connectivity index (χ0n) is 10.6. The van der Waals surface area contributed by atoms with Crippen molar-refractivity contribution in [1.82, 2.24) is 4.90 Å². The van der Waals surface area contributed by atoms with Crippen LogP contribution in [0.3, 0.4) is 0 Å². The van der Waals surface area contributed by atoms with Crippen LogP contribution in [-0.4, -0.2) is 35.1 Å². The van der Waals surface area contributed by atoms with Gasteiger partial charge in [-0.15, -0.1) is 11.3 Å². The number of aliphatic hydroxyl groups excluding tert-OH is 1. The summed E-state index contributed by atoms with van der Waals surface area (Å²) in [6, 6.07) is 2.38. The van der Waals surface area contributed by atoms with Gasteiger partial charge in [0.25, 0.3) is 0 Å². The van der Waals surface area contributed by atoms with Gasteiger partial charge < -0.3 is 10.0 Å². The Morgan fingerprint density at radius 3 is 2.89 bits per heavy atom. The third-order valence-corrected chi connectivity index (χ3v) is 4.40. The van der Waals surface area contributed by atoms with E-state index < -0.39 is 0 Å². The van der Waals surface area contributed by atoms with Gasteiger partial charge in [-0.3, -0.25) is 4.79 Å². The van der Waals surface area contributed by atoms with Gasteiger partial charge in [0.1, 0.15) is 0 Å². The first-order chi connectivity index (χ1) is 8.72. The summed E-state index contributed by atoms with van der Waals surface area (Å²) in [5, 5.41) is 11.1. The average molecular weight is 265 g/mol. The van der Waals surface area contributed by atoms with Crippen molar-refractivity contribution in [2.45, 2.75) is 32.2 Å². The second-order valence-corrected chi connectivity index (χ2v) is 5.59. The van der Waals surface area contributed by atoms with Crippen LogP contribution < -0.4 is 0 Å². The van der Waals surface area contributed by atoms with Crippen LogP contribution in [0.1, 0.15) is 29.7 Å². The molecule has 1 aromatic rings. The van der Waals surface area contributed by atoms with E-state index in [2.05, 4.69) is 0 Å². The van der Waals surface area contributed by atoms with Crippen molar-refractivity contribution in [2.75, 3.05) is 13.2 Å². The normalized spacial score (nSPS) is 15.9. The van der Waals surface area contributed by atoms with E-state index in [1.165, 1.54) is 12.0 Å². The molecule has 0 radical (unpaired) electrons. The molecule has 4 heteroatoms. The zero-order valence-corrected chi connectivity index (χ0v) is 11.4. The lowest BCUT2D eigenvalue weighted by Crippen LogP contribution is -2.44. The molecule has 0 bridgehead atoms. The Labute approximate surface area is 112 Å². The highest BCUT2D eigenvalue weighted by atomic mass is 32.1. The van der Waals surface area contributed by atoms with Gasteiger partial charge in [0.05, 0.1) is 6.61 Å². The topological polar surface area (TPSA) is 40.5 Å². The van der Waals surface area contributed by atoms with Gasteiger partial charge in [-0.05, 0) is 49.3 Å². The SMILES string of the molecule is Cc1ccsc1/C=C/C(=O)N(CCO)C1CCC1. The van der Waals surface area contributed by atoms with Crippen molar-refractivity contribution < 1.29 is 9.90 Å². The molecule has 0 aromatic carbocycles. The Morgan fingerprint density at radius 2 is 2.39 bits per heavy atom. The van der Waals surface area contributed by atoms with E-state index in [9.17, 15) is 4.79 Å². The molecule has 3 nitrogen and oxygen atoms in total. The molecule has 98 valence electrons. The Kier molecular flexibility index (Phi) is 4.55. The molecule has 1 heterocycles. The van der Waals surface area contributed by atoms with Gasteiger partial charge in [0.15, 0.2) is 0 Å². The Bertz CT molecular complexity index is 435. The molecule has 0 atom stereocenters. The number of amides is 1. The Hall–Kier alpha value is -1.13. The number of hydrogen-bond donors (Lipinski definition) is 1. The summed E-state index contributed by atoms with van der Waals surface area (Å²) in [6.45, 7) is 2.52. The van der Waals surface area contributed by atoms with Gasteiger partial charge in [0, 0.05) is 23.5 Å². The molecule has 1 aliphatic rings. The monoisotopic (exact) mass is 265 g/mol. The van der Waals surface area contributed by atoms with Gasteiger partial charge in [-0.25, -0.2) is 0 Å². The van der Waals surface area contributed by atoms with Crippen molar-refractivity contribution in [3.63, 3.8) is 0 Å². The maximum absolute atomic E-state index is 12.1. The number of carbonyl (C=O) groups is 1. The number of nitrogens with zero attached hydrogens (tertiary/aromatic N) is 1. The number of hydrogen-bond acceptors (Lipinski definition) is 3. The summed E-state index contributed by atoms with van der Waals surface area (Å²) in [4.78, 5) is 15.0. The highest BCUT2D eigenvalue weighted by molar-refractivity contribution is 7.11. The lowest BCUT2D eigenvalue weighted by molar-refractivity contribution is -0.130. The third-order valence-electron chi connectivity index (χ3n) is 3.42. The molecule has 18 heavy (non-hydrogen) atoms. The quantitative estimate of drug-likeness (QED) is 0.831. The Balaban J connectivity index is 2.00. The zero-order chi connectivity index (χ0) is 13.0. The van der Waals surface area contributed by atoms with Crippen molar-refractivity contribution in [2.24, 2.45) is 0 Å². The van der Waals surface area contributed by atoms with Crippen LogP contribution in [-0.2, 0) is 4.79 Å². The van der Waals surface area contributed by atoms with E-state index in [0.29, 0.717) is 12.6 Å². The molecule has 1 aromatic heterocycles. The van der Waals surface area contributed by atoms with Crippen molar-refractivity contribution in [3.8, 4) is 0 Å². The predicted octanol–water partition coefficient (Wildman–Crippen LogP) is 2.44. The minimum atomic E-state index is 0.0153. The lowest BCUT2D eigenvalue weighted by atomic mass is 9.91. The molecule has 1 fully saturated rings. The fourth-order valence-corrected chi connectivity index (χ4v) is 2.90. The highest BCUT2D eigenvalue weighted by Gasteiger charge is 2.26. The van der Waals surface area contributed by atoms with Crippen LogP contribution >= 0.6 is 11.3 Å². The summed E-state index contributed by atoms with van der Waals surface area (Å²) in [5.74, 6) is 0.0153. The molecule has 1 saturated carbocycles. The number of aliphatic hydroxyl groups is 1. The lowest BCUT2D eigenvalue weighted by Gasteiger charge is -2.36. The summed E-state index contributed by atoms with van der Waals surface area (Å²) in [6.07, 6.45) is 6.83. The largest absolute Gasteiger partial charge is 0.395 e. The summed E-state index contributed by atoms with van der Waals surface area (Å²) < 4.78 is 0. The molecule has 1 aliphatic carbocycles. The average Bonchev–Trinajstić information content (AvgIpc) is 2.69. The minimum Gasteiger partial charge on any atom is -0.395 e. The fourth-order valence-electron chi connectivity index (χ4n) is 2.08. The molecule has 1 amide bonds. The first-order valence-electron chi connectivity index (χ1n) is 6.36. The van der Waals surface area contributed by atoms with Gasteiger partial charge >= 0.3 is 0 Å². The van der Waals surface area contributed by atoms with Crippen LogP contribution in [0.4, 0.5) is 0 Å². The molecular weight excluding hydrogens is 246 g/mol. The number of aryl methyl sites for hydroxylation is 1. The van der Waals surface area contributed by atoms with E-state index in [1.54, 1.807) is 22.3 Å². The molecule has 2 rings (SSSR count). The van der Waals surface area contributed by atoms with E-state index in [0.717, 1.165) is 17.7 Å². The van der Waals surface area contributed by atoms with Crippen LogP contribution in [0.2, 0.25) is 0 Å². The fraction of sp³-hybridized carbons (Fsp3) is 0.500. The van der Waals surface area contributed by atoms with Crippen LogP contribution in [0.15, 0.2) is 17.5 Å². The van der Waals surface area contributed by atoms with Gasteiger partial charge in [-0.2, -0.15) is 0 Å². The van der Waals surface area contributed by atoms with Gasteiger partial charge in [-0.1, -0.05) is 0 Å². The van der Waals surface area contributed by atoms with E-state index in [1.807, 2.05) is 24.4 Å². The molecular formula is C14H19NO2S. The maximum Gasteiger partial charge on any atom is 0.246 e. The van der Waals surface area contributed by atoms with E-state index in [4.69, 9.17) is 5.11 Å². The van der Waals surface area contributed by atoms with Crippen LogP contribution in [0, 0.1) is 6.92 Å². The number of carbonyl (C=O) groups excluding carboxylic acids is 1. The number of rotatable bonds is 5. The van der Waals surface area contributed by atoms with Crippen molar-refractivity contribution in [3.05, 3.63) is 28.0 Å². The predicted molar refractivity (Wildman–Crippen MR) is 74.5 cm³/mol. The molecule has 0 unspecified atom stereocenters. The first kappa shape index (κ1) is 13.3. The molecule has 1 N–H and O–H groups in total. The molecule has 0 saturated heterocycles. The van der Waals surface area contributed by atoms with Crippen molar-refractivity contribution in [1.29, 1.82) is 0 Å². The summed E-state index contributed by atoms with van der Waals surface area (Å²) in [7, 11) is 0. The standard InChI is InChI=1S/C14H19NO2S/c1-11-7-10-18-13(11)5-6-14(17)15(8-9-16)12-3-2-4-12/h5-7,10,12,16H,2-4,8-9H2,1H3/b6-5+. The van der Waals surface area contributed by atoms with Gasteiger partial charge in [0.2, 0.25) is 5.91 Å². The third kappa shape index (κ3) is 3.00. The second-order valence-electron chi connectivity index (χ2n) is 4.64. The number of thiophene rings is 1. The first-order valence-corrected chi connectivity index (χ1v) is 7.24. The smallest absolute Gasteiger partial charge is 0.246 e. The summed E-state index contributed by atoms with van der Waals surface area (Å²) in [5.41, 5.74) is 1.20. The minimum absolute atomic E-state index is 0.0153. The summed E-state index contributed by atoms with van der Waals surface area (Å²) >= 11 is 1.64. The van der Waals surface area contributed by atoms with E-state index >= 15 is 0 Å². The van der Waals surface area contributed by atoms with Crippen LogP contribution in [0.5, 0.6) is 0 Å².